The Morgan fingerprint density at radius 2 is 2.15 bits per heavy atom. The summed E-state index contributed by atoms with van der Waals surface area (Å²) in [5.74, 6) is 1.75. The molecule has 0 atom stereocenters. The third kappa shape index (κ3) is 3.07. The van der Waals surface area contributed by atoms with Crippen molar-refractivity contribution in [3.05, 3.63) is 34.6 Å². The van der Waals surface area contributed by atoms with Crippen LogP contribution in [0.25, 0.3) is 0 Å². The molecule has 0 saturated carbocycles. The van der Waals surface area contributed by atoms with Crippen molar-refractivity contribution in [2.75, 3.05) is 31.4 Å². The molecule has 1 aromatic carbocycles. The molecule has 5 nitrogen and oxygen atoms in total. The average molecular weight is 339 g/mol. The number of hydrogen-bond donors (Lipinski definition) is 1. The van der Waals surface area contributed by atoms with E-state index in [-0.39, 0.29) is 0 Å². The minimum absolute atomic E-state index is 0.710. The van der Waals surface area contributed by atoms with Crippen LogP contribution in [0.5, 0.6) is 5.75 Å². The largest absolute Gasteiger partial charge is 0.495 e. The topological polar surface area (TPSA) is 42.3 Å². The predicted molar refractivity (Wildman–Crippen MR) is 85.6 cm³/mol. The Kier molecular flexibility index (Phi) is 4.54. The molecule has 1 aromatic heterocycles. The van der Waals surface area contributed by atoms with Gasteiger partial charge in [0.2, 0.25) is 5.95 Å². The van der Waals surface area contributed by atoms with Crippen LogP contribution in [0.3, 0.4) is 0 Å². The standard InChI is InChI=1S/C14H19BrN4O/c1-18(2)14-17-9-11(19(14)3)8-16-10-5-6-12(15)13(7-10)20-4/h5-7,9,16H,8H2,1-4H3. The highest BCUT2D eigenvalue weighted by molar-refractivity contribution is 9.10. The molecule has 0 bridgehead atoms. The minimum atomic E-state index is 0.710. The number of benzene rings is 1. The highest BCUT2D eigenvalue weighted by atomic mass is 79.9. The van der Waals surface area contributed by atoms with E-state index < -0.39 is 0 Å². The van der Waals surface area contributed by atoms with Crippen molar-refractivity contribution in [2.45, 2.75) is 6.54 Å². The van der Waals surface area contributed by atoms with Gasteiger partial charge in [-0.25, -0.2) is 4.98 Å². The van der Waals surface area contributed by atoms with Crippen molar-refractivity contribution in [2.24, 2.45) is 7.05 Å². The molecule has 0 fully saturated rings. The number of ether oxygens (including phenoxy) is 1. The highest BCUT2D eigenvalue weighted by Gasteiger charge is 2.08. The number of imidazole rings is 1. The van der Waals surface area contributed by atoms with Crippen molar-refractivity contribution in [1.82, 2.24) is 9.55 Å². The number of hydrogen-bond acceptors (Lipinski definition) is 4. The fourth-order valence-corrected chi connectivity index (χ4v) is 2.38. The Hall–Kier alpha value is -1.69. The van der Waals surface area contributed by atoms with Crippen LogP contribution in [-0.2, 0) is 13.6 Å². The van der Waals surface area contributed by atoms with Gasteiger partial charge in [-0.15, -0.1) is 0 Å². The van der Waals surface area contributed by atoms with Gasteiger partial charge in [0.1, 0.15) is 5.75 Å². The molecule has 0 amide bonds. The van der Waals surface area contributed by atoms with Crippen LogP contribution in [0.1, 0.15) is 5.69 Å². The molecule has 20 heavy (non-hydrogen) atoms. The summed E-state index contributed by atoms with van der Waals surface area (Å²) in [7, 11) is 7.65. The molecule has 6 heteroatoms. The van der Waals surface area contributed by atoms with Gasteiger partial charge in [-0.05, 0) is 28.1 Å². The number of aromatic nitrogens is 2. The van der Waals surface area contributed by atoms with Crippen molar-refractivity contribution in [1.29, 1.82) is 0 Å². The number of nitrogens with zero attached hydrogens (tertiary/aromatic N) is 3. The lowest BCUT2D eigenvalue weighted by atomic mass is 10.3. The molecule has 2 aromatic rings. The Bertz CT molecular complexity index is 595. The second kappa shape index (κ2) is 6.17. The third-order valence-corrected chi connectivity index (χ3v) is 3.74. The summed E-state index contributed by atoms with van der Waals surface area (Å²) in [5, 5.41) is 3.38. The van der Waals surface area contributed by atoms with Gasteiger partial charge in [-0.3, -0.25) is 0 Å². The Morgan fingerprint density at radius 1 is 1.40 bits per heavy atom. The normalized spacial score (nSPS) is 10.4. The summed E-state index contributed by atoms with van der Waals surface area (Å²) in [4.78, 5) is 6.38. The molecule has 2 rings (SSSR count). The van der Waals surface area contributed by atoms with E-state index in [1.807, 2.05) is 50.4 Å². The van der Waals surface area contributed by atoms with Crippen molar-refractivity contribution >= 4 is 27.6 Å². The summed E-state index contributed by atoms with van der Waals surface area (Å²) < 4.78 is 8.30. The first kappa shape index (κ1) is 14.7. The quantitative estimate of drug-likeness (QED) is 0.910. The third-order valence-electron chi connectivity index (χ3n) is 3.08. The Labute approximate surface area is 127 Å². The number of halogens is 1. The van der Waals surface area contributed by atoms with Crippen molar-refractivity contribution in [3.8, 4) is 5.75 Å². The van der Waals surface area contributed by atoms with Gasteiger partial charge >= 0.3 is 0 Å². The van der Waals surface area contributed by atoms with Crippen LogP contribution >= 0.6 is 15.9 Å². The molecule has 1 heterocycles. The predicted octanol–water partition coefficient (Wildman–Crippen LogP) is 2.87. The van der Waals surface area contributed by atoms with E-state index >= 15 is 0 Å². The van der Waals surface area contributed by atoms with E-state index in [1.165, 1.54) is 0 Å². The molecule has 0 aliphatic rings. The zero-order chi connectivity index (χ0) is 14.7. The zero-order valence-corrected chi connectivity index (χ0v) is 13.7. The molecular formula is C14H19BrN4O. The molecule has 0 aliphatic carbocycles. The van der Waals surface area contributed by atoms with E-state index in [0.29, 0.717) is 6.54 Å². The molecule has 108 valence electrons. The Morgan fingerprint density at radius 3 is 2.75 bits per heavy atom. The first-order chi connectivity index (χ1) is 9.52. The number of anilines is 2. The molecular weight excluding hydrogens is 320 g/mol. The molecule has 1 N–H and O–H groups in total. The lowest BCUT2D eigenvalue weighted by molar-refractivity contribution is 0.412. The van der Waals surface area contributed by atoms with Crippen LogP contribution in [0.15, 0.2) is 28.9 Å². The number of methoxy groups -OCH3 is 1. The smallest absolute Gasteiger partial charge is 0.204 e. The number of nitrogens with one attached hydrogen (secondary N) is 1. The van der Waals surface area contributed by atoms with Crippen LogP contribution < -0.4 is 15.0 Å². The van der Waals surface area contributed by atoms with Gasteiger partial charge in [0, 0.05) is 32.9 Å². The second-order valence-corrected chi connectivity index (χ2v) is 5.56. The second-order valence-electron chi connectivity index (χ2n) is 4.71. The van der Waals surface area contributed by atoms with Gasteiger partial charge in [-0.2, -0.15) is 0 Å². The fraction of sp³-hybridized carbons (Fsp3) is 0.357. The maximum atomic E-state index is 5.29. The van der Waals surface area contributed by atoms with Gasteiger partial charge in [0.05, 0.1) is 30.0 Å². The maximum Gasteiger partial charge on any atom is 0.204 e. The summed E-state index contributed by atoms with van der Waals surface area (Å²) in [6, 6.07) is 5.94. The van der Waals surface area contributed by atoms with Gasteiger partial charge in [-0.1, -0.05) is 0 Å². The molecule has 0 spiro atoms. The van der Waals surface area contributed by atoms with E-state index in [4.69, 9.17) is 4.74 Å². The van der Waals surface area contributed by atoms with Gasteiger partial charge < -0.3 is 19.5 Å². The van der Waals surface area contributed by atoms with E-state index in [1.54, 1.807) is 7.11 Å². The first-order valence-electron chi connectivity index (χ1n) is 6.28. The SMILES string of the molecule is COc1cc(NCc2cnc(N(C)C)n2C)ccc1Br. The van der Waals surface area contributed by atoms with E-state index in [9.17, 15) is 0 Å². The van der Waals surface area contributed by atoms with Crippen LogP contribution in [-0.4, -0.2) is 30.8 Å². The summed E-state index contributed by atoms with van der Waals surface area (Å²) in [5.41, 5.74) is 2.13. The van der Waals surface area contributed by atoms with Crippen LogP contribution in [0.2, 0.25) is 0 Å². The first-order valence-corrected chi connectivity index (χ1v) is 7.07. The molecule has 0 saturated heterocycles. The van der Waals surface area contributed by atoms with Crippen molar-refractivity contribution in [3.63, 3.8) is 0 Å². The zero-order valence-electron chi connectivity index (χ0n) is 12.1. The van der Waals surface area contributed by atoms with Gasteiger partial charge in [0.15, 0.2) is 0 Å². The molecule has 0 radical (unpaired) electrons. The summed E-state index contributed by atoms with van der Waals surface area (Å²) >= 11 is 3.45. The minimum Gasteiger partial charge on any atom is -0.495 e. The lowest BCUT2D eigenvalue weighted by Crippen LogP contribution is -2.15. The highest BCUT2D eigenvalue weighted by Crippen LogP contribution is 2.28. The average Bonchev–Trinajstić information content (AvgIpc) is 2.79. The lowest BCUT2D eigenvalue weighted by Gasteiger charge is -2.13. The molecule has 0 aliphatic heterocycles. The van der Waals surface area contributed by atoms with Crippen LogP contribution in [0, 0.1) is 0 Å². The summed E-state index contributed by atoms with van der Waals surface area (Å²) in [6.07, 6.45) is 1.89. The number of rotatable bonds is 5. The maximum absolute atomic E-state index is 5.29. The molecule has 0 unspecified atom stereocenters. The van der Waals surface area contributed by atoms with E-state index in [2.05, 4.69) is 30.8 Å². The van der Waals surface area contributed by atoms with Crippen molar-refractivity contribution < 1.29 is 4.74 Å². The summed E-state index contributed by atoms with van der Waals surface area (Å²) in [6.45, 7) is 0.710. The van der Waals surface area contributed by atoms with E-state index in [0.717, 1.165) is 27.6 Å². The Balaban J connectivity index is 2.09. The monoisotopic (exact) mass is 338 g/mol. The van der Waals surface area contributed by atoms with Gasteiger partial charge in [0.25, 0.3) is 0 Å². The fourth-order valence-electron chi connectivity index (χ4n) is 1.98. The van der Waals surface area contributed by atoms with Crippen LogP contribution in [0.4, 0.5) is 11.6 Å².